The number of hydrogen-bond donors (Lipinski definition) is 0. The van der Waals surface area contributed by atoms with Crippen LogP contribution >= 0.6 is 0 Å². The molecule has 6 heteroatoms. The molecule has 0 saturated heterocycles. The van der Waals surface area contributed by atoms with Crippen LogP contribution in [0.2, 0.25) is 0 Å². The molecule has 0 bridgehead atoms. The lowest BCUT2D eigenvalue weighted by atomic mass is 9.97. The first kappa shape index (κ1) is 47.9. The lowest BCUT2D eigenvalue weighted by Gasteiger charge is -2.19. The SMILES string of the molecule is [C-]#[N+]c1ccc(-n2c3ccc(-c4ccccc4)cc3c3cc(-c4ccccc4)ccc32)cc1-c1cc(-c2nc(-c3ccccc3)nc(-c3ccccc3)n2)ccc1-n1c2ccc(-c3ccccc3)cc2c2cc(-c3ccccc3)ccc21. The highest BCUT2D eigenvalue weighted by atomic mass is 15.0. The van der Waals surface area contributed by atoms with Crippen molar-refractivity contribution in [3.8, 4) is 101 Å². The molecule has 3 aromatic heterocycles. The maximum Gasteiger partial charge on any atom is 0.195 e. The first-order valence-corrected chi connectivity index (χ1v) is 27.5. The van der Waals surface area contributed by atoms with E-state index in [1.165, 1.54) is 0 Å². The summed E-state index contributed by atoms with van der Waals surface area (Å²) < 4.78 is 4.73. The van der Waals surface area contributed by atoms with Gasteiger partial charge in [0, 0.05) is 43.9 Å². The molecule has 0 spiro atoms. The number of aromatic nitrogens is 5. The third kappa shape index (κ3) is 8.49. The van der Waals surface area contributed by atoms with E-state index >= 15 is 0 Å². The number of nitrogens with zero attached hydrogens (tertiary/aromatic N) is 6. The van der Waals surface area contributed by atoms with Gasteiger partial charge in [0.05, 0.1) is 34.3 Å². The molecule has 3 heterocycles. The fourth-order valence-corrected chi connectivity index (χ4v) is 11.8. The fraction of sp³-hybridized carbons (Fsp3) is 0. The van der Waals surface area contributed by atoms with Crippen molar-refractivity contribution < 1.29 is 0 Å². The van der Waals surface area contributed by atoms with Gasteiger partial charge < -0.3 is 9.13 Å². The lowest BCUT2D eigenvalue weighted by molar-refractivity contribution is 1.07. The van der Waals surface area contributed by atoms with E-state index in [0.717, 1.165) is 127 Å². The predicted molar refractivity (Wildman–Crippen MR) is 338 cm³/mol. The Kier molecular flexibility index (Phi) is 11.8. The summed E-state index contributed by atoms with van der Waals surface area (Å²) in [7, 11) is 0. The van der Waals surface area contributed by atoms with E-state index in [2.05, 4.69) is 238 Å². The summed E-state index contributed by atoms with van der Waals surface area (Å²) in [6.07, 6.45) is 0. The number of benzene rings is 12. The summed E-state index contributed by atoms with van der Waals surface area (Å²) in [5.74, 6) is 1.66. The Morgan fingerprint density at radius 1 is 0.256 bits per heavy atom. The number of rotatable bonds is 10. The molecule has 82 heavy (non-hydrogen) atoms. The van der Waals surface area contributed by atoms with Crippen molar-refractivity contribution in [3.63, 3.8) is 0 Å². The summed E-state index contributed by atoms with van der Waals surface area (Å²) in [5.41, 5.74) is 19.9. The van der Waals surface area contributed by atoms with Crippen LogP contribution in [0.4, 0.5) is 5.69 Å². The molecule has 0 radical (unpaired) electrons. The Morgan fingerprint density at radius 2 is 0.585 bits per heavy atom. The molecule has 0 atom stereocenters. The number of fused-ring (bicyclic) bond motifs is 6. The molecule has 382 valence electrons. The Labute approximate surface area is 474 Å². The summed E-state index contributed by atoms with van der Waals surface area (Å²) in [6, 6.07) is 102. The van der Waals surface area contributed by atoms with Gasteiger partial charge in [-0.1, -0.05) is 212 Å². The van der Waals surface area contributed by atoms with Crippen LogP contribution in [-0.4, -0.2) is 24.1 Å². The summed E-state index contributed by atoms with van der Waals surface area (Å²) in [4.78, 5) is 19.9. The fourth-order valence-electron chi connectivity index (χ4n) is 11.8. The average molecular weight is 1050 g/mol. The van der Waals surface area contributed by atoms with E-state index in [4.69, 9.17) is 21.5 Å². The van der Waals surface area contributed by atoms with Crippen molar-refractivity contribution in [2.45, 2.75) is 0 Å². The van der Waals surface area contributed by atoms with E-state index in [-0.39, 0.29) is 0 Å². The minimum atomic E-state index is 0.518. The van der Waals surface area contributed by atoms with Gasteiger partial charge in [-0.25, -0.2) is 19.8 Å². The smallest absolute Gasteiger partial charge is 0.195 e. The maximum absolute atomic E-state index is 8.91. The zero-order valence-corrected chi connectivity index (χ0v) is 44.4. The standard InChI is InChI=1S/C76H48N6/c1-77-68-38-37-61(81-69-39-32-56(50-20-8-2-9-21-50)44-64(69)65-45-57(33-40-70(65)81)51-22-10-3-11-23-51)49-62(68)63-48-60(76-79-74(54-28-16-6-17-29-54)78-75(80-76)55-30-18-7-19-31-55)36-43-71(63)82-72-41-34-58(52-24-12-4-13-25-52)46-66(72)67-47-59(35-42-73(67)82)53-26-14-5-15-27-53/h2-49H. The van der Waals surface area contributed by atoms with Gasteiger partial charge in [0.15, 0.2) is 23.2 Å². The average Bonchev–Trinajstić information content (AvgIpc) is 3.87. The Hall–Kier alpha value is -11.3. The molecule has 12 aromatic carbocycles. The third-order valence-electron chi connectivity index (χ3n) is 15.8. The van der Waals surface area contributed by atoms with Gasteiger partial charge in [-0.05, 0) is 134 Å². The van der Waals surface area contributed by atoms with Crippen molar-refractivity contribution in [2.24, 2.45) is 0 Å². The largest absolute Gasteiger partial charge is 0.309 e. The zero-order chi connectivity index (χ0) is 54.5. The van der Waals surface area contributed by atoms with Gasteiger partial charge in [0.25, 0.3) is 0 Å². The van der Waals surface area contributed by atoms with E-state index in [9.17, 15) is 0 Å². The van der Waals surface area contributed by atoms with Gasteiger partial charge in [-0.2, -0.15) is 0 Å². The van der Waals surface area contributed by atoms with E-state index < -0.39 is 0 Å². The van der Waals surface area contributed by atoms with Crippen molar-refractivity contribution in [1.82, 2.24) is 24.1 Å². The Bertz CT molecular complexity index is 4700. The van der Waals surface area contributed by atoms with Gasteiger partial charge in [-0.15, -0.1) is 0 Å². The van der Waals surface area contributed by atoms with Crippen LogP contribution in [-0.2, 0) is 0 Å². The second-order valence-electron chi connectivity index (χ2n) is 20.6. The van der Waals surface area contributed by atoms with Crippen LogP contribution in [0.5, 0.6) is 0 Å². The molecule has 15 aromatic rings. The second-order valence-corrected chi connectivity index (χ2v) is 20.6. The molecule has 0 N–H and O–H groups in total. The van der Waals surface area contributed by atoms with Crippen LogP contribution in [0, 0.1) is 6.57 Å². The molecule has 0 saturated carbocycles. The minimum Gasteiger partial charge on any atom is -0.309 e. The Balaban J connectivity index is 1.00. The van der Waals surface area contributed by atoms with Crippen LogP contribution in [0.15, 0.2) is 291 Å². The topological polar surface area (TPSA) is 52.9 Å². The van der Waals surface area contributed by atoms with Crippen LogP contribution < -0.4 is 0 Å². The van der Waals surface area contributed by atoms with Crippen LogP contribution in [0.1, 0.15) is 0 Å². The lowest BCUT2D eigenvalue weighted by Crippen LogP contribution is -2.02. The Morgan fingerprint density at radius 3 is 0.951 bits per heavy atom. The van der Waals surface area contributed by atoms with E-state index in [0.29, 0.717) is 23.2 Å². The molecule has 0 aliphatic rings. The second kappa shape index (κ2) is 20.2. The molecular weight excluding hydrogens is 997 g/mol. The van der Waals surface area contributed by atoms with Crippen molar-refractivity contribution in [2.75, 3.05) is 0 Å². The van der Waals surface area contributed by atoms with Crippen LogP contribution in [0.25, 0.3) is 150 Å². The van der Waals surface area contributed by atoms with Crippen molar-refractivity contribution in [1.29, 1.82) is 0 Å². The zero-order valence-electron chi connectivity index (χ0n) is 44.4. The predicted octanol–water partition coefficient (Wildman–Crippen LogP) is 20.0. The highest BCUT2D eigenvalue weighted by Gasteiger charge is 2.23. The minimum absolute atomic E-state index is 0.518. The summed E-state index contributed by atoms with van der Waals surface area (Å²) in [5, 5.41) is 4.52. The molecule has 0 aliphatic carbocycles. The summed E-state index contributed by atoms with van der Waals surface area (Å²) >= 11 is 0. The quantitative estimate of drug-likeness (QED) is 0.128. The molecule has 15 rings (SSSR count). The third-order valence-corrected chi connectivity index (χ3v) is 15.8. The van der Waals surface area contributed by atoms with E-state index in [1.807, 2.05) is 66.7 Å². The maximum atomic E-state index is 8.91. The van der Waals surface area contributed by atoms with Gasteiger partial charge >= 0.3 is 0 Å². The monoisotopic (exact) mass is 1040 g/mol. The normalized spacial score (nSPS) is 11.4. The van der Waals surface area contributed by atoms with Crippen molar-refractivity contribution in [3.05, 3.63) is 303 Å². The molecule has 0 fully saturated rings. The van der Waals surface area contributed by atoms with Gasteiger partial charge in [-0.3, -0.25) is 0 Å². The number of hydrogen-bond acceptors (Lipinski definition) is 3. The van der Waals surface area contributed by atoms with Crippen LogP contribution in [0.3, 0.4) is 0 Å². The first-order chi connectivity index (χ1) is 40.6. The van der Waals surface area contributed by atoms with Gasteiger partial charge in [0.1, 0.15) is 0 Å². The highest BCUT2D eigenvalue weighted by molar-refractivity contribution is 6.14. The van der Waals surface area contributed by atoms with Gasteiger partial charge in [0.2, 0.25) is 0 Å². The highest BCUT2D eigenvalue weighted by Crippen LogP contribution is 2.45. The molecule has 6 nitrogen and oxygen atoms in total. The van der Waals surface area contributed by atoms with E-state index in [1.54, 1.807) is 0 Å². The molecule has 0 aliphatic heterocycles. The summed E-state index contributed by atoms with van der Waals surface area (Å²) in [6.45, 7) is 8.91. The molecule has 0 unspecified atom stereocenters. The molecular formula is C76H48N6. The first-order valence-electron chi connectivity index (χ1n) is 27.5. The molecule has 0 amide bonds. The van der Waals surface area contributed by atoms with Crippen molar-refractivity contribution >= 4 is 49.3 Å².